The highest BCUT2D eigenvalue weighted by Crippen LogP contribution is 2.37. The standard InChI is InChI=1S/C38H45N7O5S/c1-23(2)50-31-20-30-32(19-28(31)36(48)40-29-5-4-14-43(3)38(29)49)51-37(41-30)25-12-15-44(16-13-25)22-24-10-17-45(18-11-24)33-8-6-26(21-39-33)27-7-9-34(46)42-35(27)47/h4-6,8,14,19-21,23-25,27H,7,9-13,15-18,22H2,1-3H3,(H,40,48)(H,42,46,47). The first-order valence-electron chi connectivity index (χ1n) is 18.0. The van der Waals surface area contributed by atoms with Crippen LogP contribution in [-0.2, 0) is 16.6 Å². The molecule has 51 heavy (non-hydrogen) atoms. The van der Waals surface area contributed by atoms with Crippen molar-refractivity contribution in [2.24, 2.45) is 13.0 Å². The first kappa shape index (κ1) is 34.8. The van der Waals surface area contributed by atoms with Gasteiger partial charge in [0.2, 0.25) is 11.8 Å². The third-order valence-electron chi connectivity index (χ3n) is 10.3. The highest BCUT2D eigenvalue weighted by Gasteiger charge is 2.30. The smallest absolute Gasteiger partial charge is 0.274 e. The van der Waals surface area contributed by atoms with Crippen LogP contribution in [0.25, 0.3) is 10.2 Å². The molecule has 6 heterocycles. The lowest BCUT2D eigenvalue weighted by Gasteiger charge is -2.37. The fourth-order valence-electron chi connectivity index (χ4n) is 7.43. The molecule has 268 valence electrons. The summed E-state index contributed by atoms with van der Waals surface area (Å²) in [5.41, 5.74) is 2.02. The first-order valence-corrected chi connectivity index (χ1v) is 18.8. The number of carbonyl (C=O) groups is 3. The predicted octanol–water partition coefficient (Wildman–Crippen LogP) is 5.05. The number of thiazole rings is 1. The summed E-state index contributed by atoms with van der Waals surface area (Å²) >= 11 is 1.64. The van der Waals surface area contributed by atoms with Gasteiger partial charge >= 0.3 is 0 Å². The van der Waals surface area contributed by atoms with Crippen molar-refractivity contribution in [3.63, 3.8) is 0 Å². The van der Waals surface area contributed by atoms with E-state index in [0.29, 0.717) is 36.0 Å². The number of anilines is 2. The van der Waals surface area contributed by atoms with Crippen LogP contribution in [0.3, 0.4) is 0 Å². The van der Waals surface area contributed by atoms with Gasteiger partial charge in [-0.1, -0.05) is 6.07 Å². The summed E-state index contributed by atoms with van der Waals surface area (Å²) in [6, 6.07) is 11.0. The Morgan fingerprint density at radius 2 is 1.82 bits per heavy atom. The Bertz CT molecular complexity index is 1970. The summed E-state index contributed by atoms with van der Waals surface area (Å²) in [6.45, 7) is 8.93. The van der Waals surface area contributed by atoms with Gasteiger partial charge in [0.25, 0.3) is 11.5 Å². The highest BCUT2D eigenvalue weighted by molar-refractivity contribution is 7.18. The minimum Gasteiger partial charge on any atom is -0.490 e. The van der Waals surface area contributed by atoms with Crippen molar-refractivity contribution >= 4 is 50.8 Å². The SMILES string of the molecule is CC(C)Oc1cc2nc(C3CCN(CC4CCN(c5ccc(C6CCC(=O)NC6=O)cn5)CC4)CC3)sc2cc1C(=O)Nc1cccn(C)c1=O. The molecule has 3 aliphatic heterocycles. The van der Waals surface area contributed by atoms with E-state index in [1.807, 2.05) is 38.1 Å². The molecule has 2 N–H and O–H groups in total. The number of hydrogen-bond donors (Lipinski definition) is 2. The van der Waals surface area contributed by atoms with Gasteiger partial charge in [-0.3, -0.25) is 24.5 Å². The summed E-state index contributed by atoms with van der Waals surface area (Å²) in [5, 5.41) is 6.31. The lowest BCUT2D eigenvalue weighted by Crippen LogP contribution is -2.41. The molecule has 0 bridgehead atoms. The molecule has 3 aliphatic rings. The molecule has 3 fully saturated rings. The second kappa shape index (κ2) is 14.9. The molecule has 0 aliphatic carbocycles. The molecule has 1 aromatic carbocycles. The molecule has 1 unspecified atom stereocenters. The maximum atomic E-state index is 13.4. The van der Waals surface area contributed by atoms with Crippen molar-refractivity contribution < 1.29 is 19.1 Å². The lowest BCUT2D eigenvalue weighted by molar-refractivity contribution is -0.134. The van der Waals surface area contributed by atoms with Gasteiger partial charge < -0.3 is 24.4 Å². The average molecular weight is 712 g/mol. The van der Waals surface area contributed by atoms with Gasteiger partial charge in [-0.15, -0.1) is 11.3 Å². The Hall–Kier alpha value is -4.62. The normalized spacial score (nSPS) is 19.5. The first-order chi connectivity index (χ1) is 24.6. The monoisotopic (exact) mass is 711 g/mol. The zero-order valence-corrected chi connectivity index (χ0v) is 30.2. The number of pyridine rings is 2. The van der Waals surface area contributed by atoms with E-state index in [1.165, 1.54) is 4.57 Å². The van der Waals surface area contributed by atoms with Gasteiger partial charge in [-0.2, -0.15) is 0 Å². The summed E-state index contributed by atoms with van der Waals surface area (Å²) < 4.78 is 8.42. The number of likely N-dealkylation sites (tertiary alicyclic amines) is 1. The molecular formula is C38H45N7O5S. The van der Waals surface area contributed by atoms with E-state index in [1.54, 1.807) is 42.9 Å². The van der Waals surface area contributed by atoms with Crippen molar-refractivity contribution in [3.05, 3.63) is 75.3 Å². The lowest BCUT2D eigenvalue weighted by atomic mass is 9.91. The Morgan fingerprint density at radius 1 is 1.04 bits per heavy atom. The summed E-state index contributed by atoms with van der Waals surface area (Å²) in [4.78, 5) is 64.4. The van der Waals surface area contributed by atoms with Crippen molar-refractivity contribution in [2.75, 3.05) is 42.9 Å². The van der Waals surface area contributed by atoms with Crippen LogP contribution in [0.4, 0.5) is 11.5 Å². The molecule has 4 aromatic rings. The zero-order valence-electron chi connectivity index (χ0n) is 29.4. The molecule has 1 atom stereocenters. The van der Waals surface area contributed by atoms with Crippen LogP contribution in [-0.4, -0.2) is 76.0 Å². The van der Waals surface area contributed by atoms with Crippen molar-refractivity contribution in [3.8, 4) is 5.75 Å². The van der Waals surface area contributed by atoms with Crippen LogP contribution >= 0.6 is 11.3 Å². The number of aryl methyl sites for hydroxylation is 1. The van der Waals surface area contributed by atoms with Gasteiger partial charge in [-0.05, 0) is 94.8 Å². The summed E-state index contributed by atoms with van der Waals surface area (Å²) in [7, 11) is 1.65. The van der Waals surface area contributed by atoms with E-state index in [-0.39, 0.29) is 41.0 Å². The number of fused-ring (bicyclic) bond motifs is 1. The van der Waals surface area contributed by atoms with E-state index in [0.717, 1.165) is 85.0 Å². The predicted molar refractivity (Wildman–Crippen MR) is 198 cm³/mol. The number of ether oxygens (including phenoxy) is 1. The van der Waals surface area contributed by atoms with Gasteiger partial charge in [-0.25, -0.2) is 9.97 Å². The second-order valence-corrected chi connectivity index (χ2v) is 15.3. The largest absolute Gasteiger partial charge is 0.490 e. The fourth-order valence-corrected chi connectivity index (χ4v) is 8.59. The molecular weight excluding hydrogens is 667 g/mol. The maximum absolute atomic E-state index is 13.4. The second-order valence-electron chi connectivity index (χ2n) is 14.3. The van der Waals surface area contributed by atoms with Gasteiger partial charge in [0.05, 0.1) is 32.8 Å². The average Bonchev–Trinajstić information content (AvgIpc) is 3.53. The van der Waals surface area contributed by atoms with Gasteiger partial charge in [0, 0.05) is 57.5 Å². The minimum atomic E-state index is -0.385. The molecule has 3 aromatic heterocycles. The molecule has 0 radical (unpaired) electrons. The van der Waals surface area contributed by atoms with Gasteiger partial charge in [0.15, 0.2) is 0 Å². The van der Waals surface area contributed by atoms with Crippen LogP contribution in [0.2, 0.25) is 0 Å². The van der Waals surface area contributed by atoms with Crippen LogP contribution < -0.4 is 25.8 Å². The number of piperidine rings is 3. The summed E-state index contributed by atoms with van der Waals surface area (Å²) in [5.74, 6) is 1.29. The van der Waals surface area contributed by atoms with Crippen LogP contribution in [0.15, 0.2) is 53.6 Å². The molecule has 0 saturated carbocycles. The number of imide groups is 1. The van der Waals surface area contributed by atoms with Crippen molar-refractivity contribution in [1.29, 1.82) is 0 Å². The molecule has 7 rings (SSSR count). The Balaban J connectivity index is 0.930. The van der Waals surface area contributed by atoms with Crippen molar-refractivity contribution in [1.82, 2.24) is 24.8 Å². The quantitative estimate of drug-likeness (QED) is 0.229. The Labute approximate surface area is 301 Å². The zero-order chi connectivity index (χ0) is 35.6. The third-order valence-corrected chi connectivity index (χ3v) is 11.5. The number of nitrogens with one attached hydrogen (secondary N) is 2. The number of rotatable bonds is 9. The van der Waals surface area contributed by atoms with Crippen LogP contribution in [0.5, 0.6) is 5.75 Å². The topological polar surface area (TPSA) is 139 Å². The molecule has 3 saturated heterocycles. The van der Waals surface area contributed by atoms with Crippen LogP contribution in [0, 0.1) is 5.92 Å². The maximum Gasteiger partial charge on any atom is 0.274 e. The number of nitrogens with zero attached hydrogens (tertiary/aromatic N) is 5. The molecule has 0 spiro atoms. The van der Waals surface area contributed by atoms with Crippen LogP contribution in [0.1, 0.15) is 85.1 Å². The number of carbonyl (C=O) groups excluding carboxylic acids is 3. The number of benzene rings is 1. The van der Waals surface area contributed by atoms with E-state index >= 15 is 0 Å². The highest BCUT2D eigenvalue weighted by atomic mass is 32.1. The number of aromatic nitrogens is 3. The van der Waals surface area contributed by atoms with E-state index in [2.05, 4.69) is 25.4 Å². The number of hydrogen-bond acceptors (Lipinski definition) is 10. The Kier molecular flexibility index (Phi) is 10.2. The molecule has 13 heteroatoms. The summed E-state index contributed by atoms with van der Waals surface area (Å²) in [6.07, 6.45) is 8.52. The molecule has 12 nitrogen and oxygen atoms in total. The van der Waals surface area contributed by atoms with E-state index in [9.17, 15) is 19.2 Å². The fraction of sp³-hybridized carbons (Fsp3) is 0.474. The Morgan fingerprint density at radius 3 is 2.53 bits per heavy atom. The molecule has 3 amide bonds. The van der Waals surface area contributed by atoms with Crippen molar-refractivity contribution in [2.45, 2.75) is 70.3 Å². The minimum absolute atomic E-state index is 0.136. The van der Waals surface area contributed by atoms with E-state index in [4.69, 9.17) is 9.72 Å². The van der Waals surface area contributed by atoms with E-state index < -0.39 is 0 Å². The number of amides is 3. The van der Waals surface area contributed by atoms with Gasteiger partial charge in [0.1, 0.15) is 17.3 Å². The third kappa shape index (κ3) is 7.84.